The lowest BCUT2D eigenvalue weighted by molar-refractivity contribution is -0.137. The van der Waals surface area contributed by atoms with Crippen molar-refractivity contribution in [2.75, 3.05) is 0 Å². The molecule has 0 fully saturated rings. The van der Waals surface area contributed by atoms with Gasteiger partial charge in [0.1, 0.15) is 0 Å². The van der Waals surface area contributed by atoms with Gasteiger partial charge < -0.3 is 0 Å². The highest BCUT2D eigenvalue weighted by Crippen LogP contribution is 2.32. The maximum absolute atomic E-state index is 12.5. The Balaban J connectivity index is 2.07. The molecular formula is C18H17F3. The van der Waals surface area contributed by atoms with Crippen LogP contribution >= 0.6 is 0 Å². The maximum atomic E-state index is 12.5. The third-order valence-electron chi connectivity index (χ3n) is 3.54. The molecule has 2 aromatic rings. The molecule has 0 bridgehead atoms. The van der Waals surface area contributed by atoms with Crippen molar-refractivity contribution < 1.29 is 13.2 Å². The number of hydrogen-bond donors (Lipinski definition) is 0. The predicted molar refractivity (Wildman–Crippen MR) is 80.0 cm³/mol. The van der Waals surface area contributed by atoms with Crippen LogP contribution in [0.2, 0.25) is 0 Å². The van der Waals surface area contributed by atoms with Crippen molar-refractivity contribution in [3.8, 4) is 0 Å². The van der Waals surface area contributed by atoms with Crippen molar-refractivity contribution in [1.29, 1.82) is 0 Å². The van der Waals surface area contributed by atoms with Crippen LogP contribution in [0.3, 0.4) is 0 Å². The van der Waals surface area contributed by atoms with Crippen LogP contribution in [0.1, 0.15) is 36.0 Å². The number of allylic oxidation sites excluding steroid dienone is 1. The van der Waals surface area contributed by atoms with E-state index in [4.69, 9.17) is 0 Å². The zero-order valence-electron chi connectivity index (χ0n) is 11.8. The molecule has 110 valence electrons. The summed E-state index contributed by atoms with van der Waals surface area (Å²) in [4.78, 5) is 0. The van der Waals surface area contributed by atoms with E-state index >= 15 is 0 Å². The van der Waals surface area contributed by atoms with Gasteiger partial charge in [-0.3, -0.25) is 0 Å². The van der Waals surface area contributed by atoms with Crippen molar-refractivity contribution in [2.24, 2.45) is 0 Å². The molecule has 0 unspecified atom stereocenters. The highest BCUT2D eigenvalue weighted by atomic mass is 19.4. The van der Waals surface area contributed by atoms with Gasteiger partial charge in [0.25, 0.3) is 0 Å². The normalized spacial score (nSPS) is 13.0. The Morgan fingerprint density at radius 3 is 2.10 bits per heavy atom. The first-order valence-electron chi connectivity index (χ1n) is 6.78. The molecule has 21 heavy (non-hydrogen) atoms. The number of rotatable bonds is 4. The average molecular weight is 290 g/mol. The molecule has 0 spiro atoms. The summed E-state index contributed by atoms with van der Waals surface area (Å²) in [6, 6.07) is 15.2. The summed E-state index contributed by atoms with van der Waals surface area (Å²) >= 11 is 0. The van der Waals surface area contributed by atoms with Crippen LogP contribution in [0.4, 0.5) is 13.2 Å². The topological polar surface area (TPSA) is 0 Å². The third-order valence-corrected chi connectivity index (χ3v) is 3.54. The Hall–Kier alpha value is -2.03. The Morgan fingerprint density at radius 2 is 1.57 bits per heavy atom. The minimum atomic E-state index is -4.28. The molecule has 1 atom stereocenters. The molecule has 0 radical (unpaired) electrons. The first-order valence-corrected chi connectivity index (χ1v) is 6.78. The summed E-state index contributed by atoms with van der Waals surface area (Å²) < 4.78 is 37.6. The molecule has 0 heterocycles. The molecule has 2 aromatic carbocycles. The fraction of sp³-hybridized carbons (Fsp3) is 0.222. The molecule has 0 N–H and O–H groups in total. The van der Waals surface area contributed by atoms with Crippen molar-refractivity contribution >= 4 is 5.57 Å². The lowest BCUT2D eigenvalue weighted by Crippen LogP contribution is -2.05. The van der Waals surface area contributed by atoms with E-state index in [9.17, 15) is 13.2 Å². The van der Waals surface area contributed by atoms with E-state index in [1.165, 1.54) is 0 Å². The van der Waals surface area contributed by atoms with E-state index in [2.05, 4.69) is 6.58 Å². The van der Waals surface area contributed by atoms with E-state index in [0.717, 1.165) is 35.3 Å². The number of halogens is 3. The van der Waals surface area contributed by atoms with Crippen LogP contribution in [0.15, 0.2) is 61.2 Å². The quantitative estimate of drug-likeness (QED) is 0.656. The molecule has 2 rings (SSSR count). The van der Waals surface area contributed by atoms with Crippen LogP contribution in [0.5, 0.6) is 0 Å². The van der Waals surface area contributed by atoms with Crippen molar-refractivity contribution in [3.63, 3.8) is 0 Å². The lowest BCUT2D eigenvalue weighted by atomic mass is 9.91. The lowest BCUT2D eigenvalue weighted by Gasteiger charge is -2.15. The molecule has 0 aromatic heterocycles. The summed E-state index contributed by atoms with van der Waals surface area (Å²) in [7, 11) is 0. The van der Waals surface area contributed by atoms with E-state index < -0.39 is 11.7 Å². The molecule has 0 nitrogen and oxygen atoms in total. The molecule has 0 aliphatic heterocycles. The second kappa shape index (κ2) is 6.17. The van der Waals surface area contributed by atoms with Gasteiger partial charge in [0.05, 0.1) is 5.56 Å². The van der Waals surface area contributed by atoms with Crippen molar-refractivity contribution in [2.45, 2.75) is 25.4 Å². The van der Waals surface area contributed by atoms with E-state index in [1.54, 1.807) is 12.1 Å². The largest absolute Gasteiger partial charge is 0.416 e. The van der Waals surface area contributed by atoms with Crippen LogP contribution < -0.4 is 0 Å². The molecule has 0 amide bonds. The Morgan fingerprint density at radius 1 is 1.00 bits per heavy atom. The summed E-state index contributed by atoms with van der Waals surface area (Å²) in [6.45, 7) is 6.06. The first kappa shape index (κ1) is 15.4. The molecule has 0 saturated heterocycles. The Bertz CT molecular complexity index is 595. The van der Waals surface area contributed by atoms with Gasteiger partial charge in [0.15, 0.2) is 0 Å². The maximum Gasteiger partial charge on any atom is 0.416 e. The van der Waals surface area contributed by atoms with E-state index in [1.807, 2.05) is 37.3 Å². The number of hydrogen-bond acceptors (Lipinski definition) is 0. The highest BCUT2D eigenvalue weighted by Gasteiger charge is 2.30. The predicted octanol–water partition coefficient (Wildman–Crippen LogP) is 5.91. The Labute approximate surface area is 122 Å². The second-order valence-corrected chi connectivity index (χ2v) is 5.19. The van der Waals surface area contributed by atoms with Crippen LogP contribution in [0.25, 0.3) is 5.57 Å². The minimum Gasteiger partial charge on any atom is -0.166 e. The first-order chi connectivity index (χ1) is 9.88. The van der Waals surface area contributed by atoms with E-state index in [-0.39, 0.29) is 5.92 Å². The SMILES string of the molecule is C=C(C[C@@H](C)c1ccc(C(F)(F)F)cc1)c1ccccc1. The summed E-state index contributed by atoms with van der Waals surface area (Å²) in [5.41, 5.74) is 2.33. The third kappa shape index (κ3) is 3.97. The van der Waals surface area contributed by atoms with Gasteiger partial charge in [-0.1, -0.05) is 56.0 Å². The van der Waals surface area contributed by atoms with Crippen molar-refractivity contribution in [3.05, 3.63) is 77.9 Å². The highest BCUT2D eigenvalue weighted by molar-refractivity contribution is 5.63. The minimum absolute atomic E-state index is 0.125. The van der Waals surface area contributed by atoms with Crippen LogP contribution in [-0.2, 0) is 6.18 Å². The fourth-order valence-electron chi connectivity index (χ4n) is 2.28. The van der Waals surface area contributed by atoms with Gasteiger partial charge >= 0.3 is 6.18 Å². The standard InChI is InChI=1S/C18H17F3/c1-13(15-6-4-3-5-7-15)12-14(2)16-8-10-17(11-9-16)18(19,20)21/h3-11,14H,1,12H2,2H3/t14-/m1/s1. The number of benzene rings is 2. The van der Waals surface area contributed by atoms with Gasteiger partial charge in [-0.2, -0.15) is 13.2 Å². The second-order valence-electron chi connectivity index (χ2n) is 5.19. The summed E-state index contributed by atoms with van der Waals surface area (Å²) in [6.07, 6.45) is -3.56. The molecule has 0 saturated carbocycles. The van der Waals surface area contributed by atoms with Crippen molar-refractivity contribution in [1.82, 2.24) is 0 Å². The zero-order valence-corrected chi connectivity index (χ0v) is 11.8. The van der Waals surface area contributed by atoms with Gasteiger partial charge in [-0.15, -0.1) is 0 Å². The summed E-state index contributed by atoms with van der Waals surface area (Å²) in [5, 5.41) is 0. The average Bonchev–Trinajstić information content (AvgIpc) is 2.47. The number of alkyl halides is 3. The molecular weight excluding hydrogens is 273 g/mol. The smallest absolute Gasteiger partial charge is 0.166 e. The molecule has 0 aliphatic carbocycles. The Kier molecular flexibility index (Phi) is 4.51. The van der Waals surface area contributed by atoms with Crippen LogP contribution in [0, 0.1) is 0 Å². The van der Waals surface area contributed by atoms with Gasteiger partial charge in [0.2, 0.25) is 0 Å². The van der Waals surface area contributed by atoms with Gasteiger partial charge in [-0.25, -0.2) is 0 Å². The fourth-order valence-corrected chi connectivity index (χ4v) is 2.28. The van der Waals surface area contributed by atoms with Crippen LogP contribution in [-0.4, -0.2) is 0 Å². The summed E-state index contributed by atoms with van der Waals surface area (Å²) in [5.74, 6) is 0.125. The zero-order chi connectivity index (χ0) is 15.5. The van der Waals surface area contributed by atoms with E-state index in [0.29, 0.717) is 0 Å². The molecule has 0 aliphatic rings. The van der Waals surface area contributed by atoms with Gasteiger partial charge in [-0.05, 0) is 41.2 Å². The monoisotopic (exact) mass is 290 g/mol. The van der Waals surface area contributed by atoms with Gasteiger partial charge in [0, 0.05) is 0 Å². The molecule has 3 heteroatoms.